The van der Waals surface area contributed by atoms with Crippen molar-refractivity contribution in [3.63, 3.8) is 0 Å². The van der Waals surface area contributed by atoms with Crippen LogP contribution in [0.3, 0.4) is 0 Å². The van der Waals surface area contributed by atoms with Gasteiger partial charge in [0.05, 0.1) is 11.6 Å². The Morgan fingerprint density at radius 3 is 2.83 bits per heavy atom. The molecule has 3 heterocycles. The summed E-state index contributed by atoms with van der Waals surface area (Å²) in [7, 11) is 0. The van der Waals surface area contributed by atoms with Gasteiger partial charge in [0.1, 0.15) is 17.5 Å². The third-order valence-electron chi connectivity index (χ3n) is 5.16. The molecule has 0 aliphatic carbocycles. The zero-order chi connectivity index (χ0) is 16.5. The quantitative estimate of drug-likeness (QED) is 0.870. The Balaban J connectivity index is 1.41. The van der Waals surface area contributed by atoms with Crippen LogP contribution in [-0.2, 0) is 19.5 Å². The van der Waals surface area contributed by atoms with E-state index in [9.17, 15) is 4.39 Å². The number of nitrogens with zero attached hydrogens (tertiary/aromatic N) is 5. The number of fused-ring (bicyclic) bond motifs is 1. The smallest absolute Gasteiger partial charge is 0.136 e. The van der Waals surface area contributed by atoms with Crippen LogP contribution in [0.4, 0.5) is 4.39 Å². The van der Waals surface area contributed by atoms with Gasteiger partial charge in [-0.05, 0) is 50.6 Å². The van der Waals surface area contributed by atoms with Crippen molar-refractivity contribution in [3.8, 4) is 6.07 Å². The SMILES string of the molecule is N#Cc1ccc(F)c(CN2CCC(c3nnc4n3CCC4)CC2)c1. The Bertz CT molecular complexity index is 783. The Morgan fingerprint density at radius 2 is 2.04 bits per heavy atom. The fraction of sp³-hybridized carbons (Fsp3) is 0.500. The van der Waals surface area contributed by atoms with Crippen molar-refractivity contribution < 1.29 is 4.39 Å². The number of hydrogen-bond acceptors (Lipinski definition) is 4. The molecule has 5 nitrogen and oxygen atoms in total. The zero-order valence-electron chi connectivity index (χ0n) is 13.6. The number of nitriles is 1. The van der Waals surface area contributed by atoms with Crippen LogP contribution in [0.1, 0.15) is 48.0 Å². The molecular weight excluding hydrogens is 305 g/mol. The van der Waals surface area contributed by atoms with Gasteiger partial charge in [0.2, 0.25) is 0 Å². The van der Waals surface area contributed by atoms with Gasteiger partial charge in [-0.2, -0.15) is 5.26 Å². The predicted molar refractivity (Wildman–Crippen MR) is 86.7 cm³/mol. The lowest BCUT2D eigenvalue weighted by Crippen LogP contribution is -2.33. The molecule has 1 saturated heterocycles. The largest absolute Gasteiger partial charge is 0.315 e. The highest BCUT2D eigenvalue weighted by atomic mass is 19.1. The fourth-order valence-electron chi connectivity index (χ4n) is 3.83. The third-order valence-corrected chi connectivity index (χ3v) is 5.16. The molecule has 4 rings (SSSR count). The van der Waals surface area contributed by atoms with Gasteiger partial charge < -0.3 is 4.57 Å². The number of aryl methyl sites for hydroxylation is 1. The van der Waals surface area contributed by atoms with E-state index in [-0.39, 0.29) is 5.82 Å². The van der Waals surface area contributed by atoms with Crippen LogP contribution in [0.15, 0.2) is 18.2 Å². The molecule has 0 bridgehead atoms. The fourth-order valence-corrected chi connectivity index (χ4v) is 3.83. The standard InChI is InChI=1S/C18H20FN5/c19-16-4-3-13(11-20)10-15(16)12-23-8-5-14(6-9-23)18-22-21-17-2-1-7-24(17)18/h3-4,10,14H,1-2,5-9,12H2. The minimum Gasteiger partial charge on any atom is -0.315 e. The normalized spacial score (nSPS) is 18.5. The van der Waals surface area contributed by atoms with Gasteiger partial charge in [0.25, 0.3) is 0 Å². The van der Waals surface area contributed by atoms with Crippen LogP contribution < -0.4 is 0 Å². The van der Waals surface area contributed by atoms with E-state index in [0.717, 1.165) is 50.5 Å². The lowest BCUT2D eigenvalue weighted by Gasteiger charge is -2.31. The highest BCUT2D eigenvalue weighted by Gasteiger charge is 2.27. The molecule has 0 saturated carbocycles. The molecule has 0 radical (unpaired) electrons. The predicted octanol–water partition coefficient (Wildman–Crippen LogP) is 2.61. The molecule has 0 spiro atoms. The summed E-state index contributed by atoms with van der Waals surface area (Å²) in [4.78, 5) is 2.26. The van der Waals surface area contributed by atoms with Gasteiger partial charge in [-0.15, -0.1) is 10.2 Å². The number of benzene rings is 1. The second-order valence-corrected chi connectivity index (χ2v) is 6.70. The van der Waals surface area contributed by atoms with Crippen molar-refractivity contribution in [2.75, 3.05) is 13.1 Å². The molecule has 1 aromatic heterocycles. The molecule has 0 atom stereocenters. The summed E-state index contributed by atoms with van der Waals surface area (Å²) in [5.41, 5.74) is 1.12. The van der Waals surface area contributed by atoms with Crippen molar-refractivity contribution in [1.29, 1.82) is 5.26 Å². The molecule has 0 amide bonds. The highest BCUT2D eigenvalue weighted by molar-refractivity contribution is 5.33. The van der Waals surface area contributed by atoms with Gasteiger partial charge >= 0.3 is 0 Å². The number of aromatic nitrogens is 3. The molecule has 2 aromatic rings. The molecule has 2 aliphatic heterocycles. The molecule has 24 heavy (non-hydrogen) atoms. The van der Waals surface area contributed by atoms with E-state index in [2.05, 4.69) is 25.7 Å². The summed E-state index contributed by atoms with van der Waals surface area (Å²) in [5, 5.41) is 17.7. The lowest BCUT2D eigenvalue weighted by atomic mass is 9.95. The molecular formula is C18H20FN5. The van der Waals surface area contributed by atoms with Gasteiger partial charge in [0, 0.05) is 31.0 Å². The van der Waals surface area contributed by atoms with E-state index in [1.165, 1.54) is 18.6 Å². The maximum absolute atomic E-state index is 14.0. The number of rotatable bonds is 3. The Labute approximate surface area is 140 Å². The summed E-state index contributed by atoms with van der Waals surface area (Å²) < 4.78 is 16.2. The number of likely N-dealkylation sites (tertiary alicyclic amines) is 1. The Kier molecular flexibility index (Phi) is 4.03. The average Bonchev–Trinajstić information content (AvgIpc) is 3.21. The van der Waals surface area contributed by atoms with E-state index in [1.54, 1.807) is 6.07 Å². The van der Waals surface area contributed by atoms with Gasteiger partial charge in [-0.25, -0.2) is 4.39 Å². The zero-order valence-corrected chi connectivity index (χ0v) is 13.6. The van der Waals surface area contributed by atoms with Crippen molar-refractivity contribution in [2.24, 2.45) is 0 Å². The van der Waals surface area contributed by atoms with Crippen LogP contribution >= 0.6 is 0 Å². The summed E-state index contributed by atoms with van der Waals surface area (Å²) >= 11 is 0. The monoisotopic (exact) mass is 325 g/mol. The molecule has 2 aliphatic rings. The van der Waals surface area contributed by atoms with Crippen molar-refractivity contribution in [3.05, 3.63) is 46.8 Å². The number of piperidine rings is 1. The first kappa shape index (κ1) is 15.3. The van der Waals surface area contributed by atoms with Crippen LogP contribution in [-0.4, -0.2) is 32.8 Å². The topological polar surface area (TPSA) is 57.7 Å². The summed E-state index contributed by atoms with van der Waals surface area (Å²) in [6.07, 6.45) is 4.26. The van der Waals surface area contributed by atoms with E-state index >= 15 is 0 Å². The van der Waals surface area contributed by atoms with Gasteiger partial charge in [-0.1, -0.05) is 0 Å². The molecule has 0 N–H and O–H groups in total. The van der Waals surface area contributed by atoms with Crippen molar-refractivity contribution >= 4 is 0 Å². The van der Waals surface area contributed by atoms with Crippen LogP contribution in [0, 0.1) is 17.1 Å². The van der Waals surface area contributed by atoms with Crippen molar-refractivity contribution in [2.45, 2.75) is 44.7 Å². The average molecular weight is 325 g/mol. The van der Waals surface area contributed by atoms with Crippen LogP contribution in [0.25, 0.3) is 0 Å². The molecule has 6 heteroatoms. The molecule has 0 unspecified atom stereocenters. The van der Waals surface area contributed by atoms with Crippen molar-refractivity contribution in [1.82, 2.24) is 19.7 Å². The summed E-state index contributed by atoms with van der Waals surface area (Å²) in [6.45, 7) is 3.45. The van der Waals surface area contributed by atoms with E-state index in [1.807, 2.05) is 0 Å². The summed E-state index contributed by atoms with van der Waals surface area (Å²) in [5.74, 6) is 2.49. The third kappa shape index (κ3) is 2.80. The van der Waals surface area contributed by atoms with Crippen LogP contribution in [0.5, 0.6) is 0 Å². The van der Waals surface area contributed by atoms with E-state index in [4.69, 9.17) is 5.26 Å². The first-order valence-corrected chi connectivity index (χ1v) is 8.57. The number of hydrogen-bond donors (Lipinski definition) is 0. The van der Waals surface area contributed by atoms with Crippen LogP contribution in [0.2, 0.25) is 0 Å². The molecule has 124 valence electrons. The first-order chi connectivity index (χ1) is 11.7. The Morgan fingerprint density at radius 1 is 1.21 bits per heavy atom. The minimum absolute atomic E-state index is 0.230. The second-order valence-electron chi connectivity index (χ2n) is 6.70. The number of halogens is 1. The maximum atomic E-state index is 14.0. The van der Waals surface area contributed by atoms with E-state index < -0.39 is 0 Å². The molecule has 1 aromatic carbocycles. The van der Waals surface area contributed by atoms with E-state index in [0.29, 0.717) is 23.6 Å². The summed E-state index contributed by atoms with van der Waals surface area (Å²) in [6, 6.07) is 6.65. The Hall–Kier alpha value is -2.26. The van der Waals surface area contributed by atoms with Gasteiger partial charge in [0.15, 0.2) is 0 Å². The minimum atomic E-state index is -0.230. The second kappa shape index (κ2) is 6.33. The first-order valence-electron chi connectivity index (χ1n) is 8.57. The van der Waals surface area contributed by atoms with Gasteiger partial charge in [-0.3, -0.25) is 4.90 Å². The lowest BCUT2D eigenvalue weighted by molar-refractivity contribution is 0.198. The maximum Gasteiger partial charge on any atom is 0.136 e. The highest BCUT2D eigenvalue weighted by Crippen LogP contribution is 2.30. The molecule has 1 fully saturated rings.